The number of thiazole rings is 1. The highest BCUT2D eigenvalue weighted by atomic mass is 35.5. The Bertz CT molecular complexity index is 337. The zero-order chi connectivity index (χ0) is 11.4. The number of nitrogens with two attached hydrogens (primary N) is 1. The molecule has 1 aromatic rings. The zero-order valence-electron chi connectivity index (χ0n) is 9.44. The minimum absolute atomic E-state index is 0. The van der Waals surface area contributed by atoms with E-state index in [1.807, 2.05) is 13.8 Å². The molecule has 5 nitrogen and oxygen atoms in total. The number of methoxy groups -OCH3 is 1. The number of halogens is 1. The van der Waals surface area contributed by atoms with Crippen LogP contribution in [0, 0.1) is 13.8 Å². The third-order valence-corrected chi connectivity index (χ3v) is 2.93. The average molecular weight is 266 g/mol. The molecule has 1 rings (SSSR count). The second kappa shape index (κ2) is 6.80. The minimum atomic E-state index is -0.653. The quantitative estimate of drug-likeness (QED) is 0.855. The Kier molecular flexibility index (Phi) is 6.51. The van der Waals surface area contributed by atoms with Crippen LogP contribution in [0.15, 0.2) is 0 Å². The highest BCUT2D eigenvalue weighted by Gasteiger charge is 2.15. The predicted molar refractivity (Wildman–Crippen MR) is 67.3 cm³/mol. The molecule has 7 heteroatoms. The molecule has 92 valence electrons. The lowest BCUT2D eigenvalue weighted by Crippen LogP contribution is -2.39. The number of amides is 1. The summed E-state index contributed by atoms with van der Waals surface area (Å²) in [6.45, 7) is 4.06. The van der Waals surface area contributed by atoms with Crippen LogP contribution in [0.4, 0.5) is 5.13 Å². The summed E-state index contributed by atoms with van der Waals surface area (Å²) >= 11 is 1.44. The largest absolute Gasteiger partial charge is 0.383 e. The molecule has 0 fully saturated rings. The topological polar surface area (TPSA) is 77.2 Å². The number of hydrogen-bond donors (Lipinski definition) is 2. The minimum Gasteiger partial charge on any atom is -0.383 e. The van der Waals surface area contributed by atoms with Crippen LogP contribution in [0.5, 0.6) is 0 Å². The molecule has 1 heterocycles. The second-order valence-corrected chi connectivity index (χ2v) is 4.41. The smallest absolute Gasteiger partial charge is 0.245 e. The van der Waals surface area contributed by atoms with Crippen molar-refractivity contribution in [3.63, 3.8) is 0 Å². The monoisotopic (exact) mass is 265 g/mol. The van der Waals surface area contributed by atoms with Crippen molar-refractivity contribution in [2.45, 2.75) is 19.9 Å². The van der Waals surface area contributed by atoms with E-state index in [1.54, 1.807) is 0 Å². The highest BCUT2D eigenvalue weighted by Crippen LogP contribution is 2.20. The van der Waals surface area contributed by atoms with E-state index in [2.05, 4.69) is 10.3 Å². The number of rotatable bonds is 4. The molecule has 16 heavy (non-hydrogen) atoms. The molecular formula is C9H16ClN3O2S. The van der Waals surface area contributed by atoms with Gasteiger partial charge in [0, 0.05) is 12.0 Å². The Morgan fingerprint density at radius 3 is 2.69 bits per heavy atom. The van der Waals surface area contributed by atoms with E-state index in [4.69, 9.17) is 10.5 Å². The van der Waals surface area contributed by atoms with E-state index < -0.39 is 6.04 Å². The van der Waals surface area contributed by atoms with E-state index in [1.165, 1.54) is 18.4 Å². The number of aromatic nitrogens is 1. The van der Waals surface area contributed by atoms with Gasteiger partial charge in [0.15, 0.2) is 5.13 Å². The summed E-state index contributed by atoms with van der Waals surface area (Å²) in [4.78, 5) is 16.7. The van der Waals surface area contributed by atoms with Gasteiger partial charge < -0.3 is 15.8 Å². The van der Waals surface area contributed by atoms with Crippen molar-refractivity contribution in [1.82, 2.24) is 4.98 Å². The molecule has 0 spiro atoms. The number of nitrogens with one attached hydrogen (secondary N) is 1. The molecule has 3 N–H and O–H groups in total. The first-order chi connectivity index (χ1) is 7.04. The third kappa shape index (κ3) is 4.05. The average Bonchev–Trinajstić information content (AvgIpc) is 2.46. The van der Waals surface area contributed by atoms with Crippen molar-refractivity contribution in [3.05, 3.63) is 10.6 Å². The van der Waals surface area contributed by atoms with Gasteiger partial charge in [0.25, 0.3) is 0 Å². The summed E-state index contributed by atoms with van der Waals surface area (Å²) in [7, 11) is 1.50. The van der Waals surface area contributed by atoms with E-state index >= 15 is 0 Å². The molecule has 1 unspecified atom stereocenters. The molecule has 0 aliphatic rings. The van der Waals surface area contributed by atoms with Crippen LogP contribution in [0.3, 0.4) is 0 Å². The van der Waals surface area contributed by atoms with Crippen molar-refractivity contribution in [2.75, 3.05) is 19.0 Å². The van der Waals surface area contributed by atoms with Crippen LogP contribution in [0.1, 0.15) is 10.6 Å². The lowest BCUT2D eigenvalue weighted by atomic mass is 10.3. The van der Waals surface area contributed by atoms with Gasteiger partial charge >= 0.3 is 0 Å². The van der Waals surface area contributed by atoms with E-state index in [9.17, 15) is 4.79 Å². The van der Waals surface area contributed by atoms with Crippen LogP contribution < -0.4 is 11.1 Å². The van der Waals surface area contributed by atoms with Gasteiger partial charge in [-0.15, -0.1) is 23.7 Å². The summed E-state index contributed by atoms with van der Waals surface area (Å²) in [6, 6.07) is -0.653. The fraction of sp³-hybridized carbons (Fsp3) is 0.556. The Hall–Kier alpha value is -0.690. The van der Waals surface area contributed by atoms with Crippen molar-refractivity contribution >= 4 is 34.8 Å². The van der Waals surface area contributed by atoms with Gasteiger partial charge in [0.2, 0.25) is 5.91 Å². The van der Waals surface area contributed by atoms with E-state index in [0.29, 0.717) is 5.13 Å². The van der Waals surface area contributed by atoms with Crippen LogP contribution in [-0.2, 0) is 9.53 Å². The molecule has 0 bridgehead atoms. The lowest BCUT2D eigenvalue weighted by Gasteiger charge is -2.08. The van der Waals surface area contributed by atoms with Gasteiger partial charge in [0.05, 0.1) is 12.3 Å². The maximum Gasteiger partial charge on any atom is 0.245 e. The summed E-state index contributed by atoms with van der Waals surface area (Å²) in [5.74, 6) is -0.273. The second-order valence-electron chi connectivity index (χ2n) is 3.21. The lowest BCUT2D eigenvalue weighted by molar-refractivity contribution is -0.118. The van der Waals surface area contributed by atoms with Gasteiger partial charge in [-0.3, -0.25) is 4.79 Å². The van der Waals surface area contributed by atoms with Crippen molar-refractivity contribution in [3.8, 4) is 0 Å². The van der Waals surface area contributed by atoms with E-state index in [-0.39, 0.29) is 24.9 Å². The van der Waals surface area contributed by atoms with Gasteiger partial charge in [-0.05, 0) is 13.8 Å². The van der Waals surface area contributed by atoms with Crippen molar-refractivity contribution in [2.24, 2.45) is 5.73 Å². The first-order valence-electron chi connectivity index (χ1n) is 4.54. The SMILES string of the molecule is COCC(N)C(=O)Nc1nc(C)c(C)s1.Cl. The van der Waals surface area contributed by atoms with Crippen LogP contribution >= 0.6 is 23.7 Å². The molecule has 0 aliphatic heterocycles. The molecule has 0 aromatic carbocycles. The molecule has 1 atom stereocenters. The van der Waals surface area contributed by atoms with Crippen LogP contribution in [0.2, 0.25) is 0 Å². The van der Waals surface area contributed by atoms with Gasteiger partial charge in [-0.2, -0.15) is 0 Å². The first-order valence-corrected chi connectivity index (χ1v) is 5.35. The molecule has 0 aliphatic carbocycles. The third-order valence-electron chi connectivity index (χ3n) is 1.94. The number of hydrogen-bond acceptors (Lipinski definition) is 5. The number of nitrogens with zero attached hydrogens (tertiary/aromatic N) is 1. The Morgan fingerprint density at radius 1 is 1.62 bits per heavy atom. The fourth-order valence-electron chi connectivity index (χ4n) is 0.980. The Balaban J connectivity index is 0.00000225. The number of ether oxygens (including phenoxy) is 1. The number of anilines is 1. The van der Waals surface area contributed by atoms with Crippen molar-refractivity contribution < 1.29 is 9.53 Å². The molecule has 0 saturated heterocycles. The first kappa shape index (κ1) is 15.3. The normalized spacial score (nSPS) is 11.8. The maximum atomic E-state index is 11.5. The molecule has 0 saturated carbocycles. The molecular weight excluding hydrogens is 250 g/mol. The molecule has 0 radical (unpaired) electrons. The number of aryl methyl sites for hydroxylation is 2. The van der Waals surface area contributed by atoms with Gasteiger partial charge in [0.1, 0.15) is 6.04 Å². The van der Waals surface area contributed by atoms with Crippen molar-refractivity contribution in [1.29, 1.82) is 0 Å². The summed E-state index contributed by atoms with van der Waals surface area (Å²) in [6.07, 6.45) is 0. The Morgan fingerprint density at radius 2 is 2.25 bits per heavy atom. The molecule has 1 aromatic heterocycles. The highest BCUT2D eigenvalue weighted by molar-refractivity contribution is 7.15. The molecule has 1 amide bonds. The summed E-state index contributed by atoms with van der Waals surface area (Å²) < 4.78 is 4.79. The number of carbonyl (C=O) groups is 1. The predicted octanol–water partition coefficient (Wildman–Crippen LogP) is 1.09. The summed E-state index contributed by atoms with van der Waals surface area (Å²) in [5, 5.41) is 3.24. The van der Waals surface area contributed by atoms with Crippen LogP contribution in [0.25, 0.3) is 0 Å². The van der Waals surface area contributed by atoms with E-state index in [0.717, 1.165) is 10.6 Å². The van der Waals surface area contributed by atoms with Crippen LogP contribution in [-0.4, -0.2) is 30.6 Å². The summed E-state index contributed by atoms with van der Waals surface area (Å²) in [5.41, 5.74) is 6.49. The standard InChI is InChI=1S/C9H15N3O2S.ClH/c1-5-6(2)15-9(11-5)12-8(13)7(10)4-14-3;/h7H,4,10H2,1-3H3,(H,11,12,13);1H. The van der Waals surface area contributed by atoms with Gasteiger partial charge in [-0.1, -0.05) is 0 Å². The maximum absolute atomic E-state index is 11.5. The number of carbonyl (C=O) groups excluding carboxylic acids is 1. The Labute approximate surface area is 105 Å². The zero-order valence-corrected chi connectivity index (χ0v) is 11.1. The fourth-order valence-corrected chi connectivity index (χ4v) is 1.80. The van der Waals surface area contributed by atoms with Gasteiger partial charge in [-0.25, -0.2) is 4.98 Å².